The third-order valence-electron chi connectivity index (χ3n) is 6.20. The number of benzene rings is 2. The number of hydrogen-bond donors (Lipinski definition) is 1. The predicted molar refractivity (Wildman–Crippen MR) is 134 cm³/mol. The first kappa shape index (κ1) is 22.3. The number of anilines is 1. The summed E-state index contributed by atoms with van der Waals surface area (Å²) in [5.41, 5.74) is 7.86. The quantitative estimate of drug-likeness (QED) is 0.453. The number of para-hydroxylation sites is 1. The Morgan fingerprint density at radius 2 is 1.86 bits per heavy atom. The Morgan fingerprint density at radius 3 is 2.60 bits per heavy atom. The third kappa shape index (κ3) is 4.24. The zero-order valence-electron chi connectivity index (χ0n) is 19.3. The van der Waals surface area contributed by atoms with Gasteiger partial charge in [0.05, 0.1) is 17.2 Å². The first-order chi connectivity index (χ1) is 17.1. The molecule has 2 aromatic carbocycles. The number of carbonyl (C=O) groups is 1. The molecule has 3 heterocycles. The molecule has 1 saturated heterocycles. The lowest BCUT2D eigenvalue weighted by Crippen LogP contribution is -2.39. The average molecular weight is 468 g/mol. The number of imidazole rings is 1. The summed E-state index contributed by atoms with van der Waals surface area (Å²) in [6.07, 6.45) is 3.28. The van der Waals surface area contributed by atoms with Crippen molar-refractivity contribution in [2.45, 2.75) is 32.4 Å². The zero-order chi connectivity index (χ0) is 24.4. The number of ether oxygens (including phenoxy) is 1. The maximum Gasteiger partial charge on any atom is 0.333 e. The van der Waals surface area contributed by atoms with Crippen molar-refractivity contribution in [3.63, 3.8) is 0 Å². The molecule has 1 aliphatic heterocycles. The molecule has 2 aromatic heterocycles. The van der Waals surface area contributed by atoms with E-state index in [1.54, 1.807) is 33.2 Å². The molecule has 1 atom stereocenters. The van der Waals surface area contributed by atoms with E-state index in [-0.39, 0.29) is 23.5 Å². The molecule has 1 amide bonds. The van der Waals surface area contributed by atoms with Gasteiger partial charge in [0.2, 0.25) is 0 Å². The molecule has 1 unspecified atom stereocenters. The molecule has 1 fully saturated rings. The van der Waals surface area contributed by atoms with Crippen LogP contribution in [0.1, 0.15) is 19.8 Å². The lowest BCUT2D eigenvalue weighted by molar-refractivity contribution is -0.126. The maximum absolute atomic E-state index is 13.7. The summed E-state index contributed by atoms with van der Waals surface area (Å²) in [6.45, 7) is 2.64. The van der Waals surface area contributed by atoms with E-state index in [4.69, 9.17) is 10.5 Å². The fourth-order valence-corrected chi connectivity index (χ4v) is 4.61. The molecule has 176 valence electrons. The number of fused-ring (bicyclic) bond motifs is 1. The summed E-state index contributed by atoms with van der Waals surface area (Å²) in [7, 11) is 0. The molecular weight excluding hydrogens is 442 g/mol. The normalized spacial score (nSPS) is 15.1. The Bertz CT molecular complexity index is 1490. The van der Waals surface area contributed by atoms with Crippen LogP contribution in [0.4, 0.5) is 5.82 Å². The molecule has 1 aliphatic rings. The highest BCUT2D eigenvalue weighted by Gasteiger charge is 2.30. The van der Waals surface area contributed by atoms with E-state index in [1.807, 2.05) is 54.6 Å². The van der Waals surface area contributed by atoms with E-state index < -0.39 is 0 Å². The van der Waals surface area contributed by atoms with Crippen molar-refractivity contribution in [2.75, 3.05) is 12.3 Å². The number of likely N-dealkylation sites (tertiary alicyclic amines) is 1. The van der Waals surface area contributed by atoms with Crippen LogP contribution in [0, 0.1) is 11.8 Å². The van der Waals surface area contributed by atoms with Gasteiger partial charge in [0, 0.05) is 19.3 Å². The van der Waals surface area contributed by atoms with Gasteiger partial charge >= 0.3 is 5.69 Å². The van der Waals surface area contributed by atoms with E-state index in [2.05, 4.69) is 16.8 Å². The fraction of sp³-hybridized carbons (Fsp3) is 0.222. The minimum Gasteiger partial charge on any atom is -0.457 e. The van der Waals surface area contributed by atoms with Crippen LogP contribution in [-0.2, 0) is 11.3 Å². The monoisotopic (exact) mass is 467 g/mol. The van der Waals surface area contributed by atoms with Crippen molar-refractivity contribution >= 4 is 22.8 Å². The van der Waals surface area contributed by atoms with E-state index in [9.17, 15) is 9.59 Å². The number of pyridine rings is 1. The highest BCUT2D eigenvalue weighted by Crippen LogP contribution is 2.27. The summed E-state index contributed by atoms with van der Waals surface area (Å²) < 4.78 is 9.12. The summed E-state index contributed by atoms with van der Waals surface area (Å²) in [6, 6.07) is 18.4. The minimum atomic E-state index is -0.239. The van der Waals surface area contributed by atoms with Crippen molar-refractivity contribution in [1.82, 2.24) is 19.0 Å². The Balaban J connectivity index is 1.52. The predicted octanol–water partition coefficient (Wildman–Crippen LogP) is 3.58. The molecule has 2 N–H and O–H groups in total. The van der Waals surface area contributed by atoms with Crippen LogP contribution in [0.2, 0.25) is 0 Å². The van der Waals surface area contributed by atoms with Gasteiger partial charge in [-0.05, 0) is 68.2 Å². The van der Waals surface area contributed by atoms with Crippen LogP contribution >= 0.6 is 0 Å². The number of amides is 1. The molecule has 0 saturated carbocycles. The summed E-state index contributed by atoms with van der Waals surface area (Å²) in [5, 5.41) is 0. The van der Waals surface area contributed by atoms with Gasteiger partial charge in [-0.2, -0.15) is 0 Å². The first-order valence-corrected chi connectivity index (χ1v) is 11.5. The van der Waals surface area contributed by atoms with Gasteiger partial charge in [0.1, 0.15) is 22.8 Å². The summed E-state index contributed by atoms with van der Waals surface area (Å²) >= 11 is 0. The highest BCUT2D eigenvalue weighted by atomic mass is 16.5. The van der Waals surface area contributed by atoms with Crippen molar-refractivity contribution in [3.8, 4) is 29.0 Å². The van der Waals surface area contributed by atoms with Crippen LogP contribution < -0.4 is 16.2 Å². The molecule has 0 bridgehead atoms. The number of rotatable bonds is 5. The SMILES string of the molecule is CC#CC(=O)N1CCCC1Cn1c(=O)n(-c2ccc(Oc3ccccc3)cc2)c2c(N)nccc21. The van der Waals surface area contributed by atoms with Crippen LogP contribution in [0.5, 0.6) is 11.5 Å². The van der Waals surface area contributed by atoms with E-state index in [0.717, 1.165) is 18.6 Å². The second-order valence-corrected chi connectivity index (χ2v) is 8.37. The highest BCUT2D eigenvalue weighted by molar-refractivity contribution is 5.94. The molecule has 4 aromatic rings. The van der Waals surface area contributed by atoms with E-state index in [1.165, 1.54) is 0 Å². The zero-order valence-corrected chi connectivity index (χ0v) is 19.3. The minimum absolute atomic E-state index is 0.115. The summed E-state index contributed by atoms with van der Waals surface area (Å²) in [4.78, 5) is 32.1. The smallest absolute Gasteiger partial charge is 0.333 e. The molecule has 0 spiro atoms. The number of nitrogens with zero attached hydrogens (tertiary/aromatic N) is 4. The van der Waals surface area contributed by atoms with Gasteiger partial charge in [-0.25, -0.2) is 9.78 Å². The average Bonchev–Trinajstić information content (AvgIpc) is 3.44. The van der Waals surface area contributed by atoms with Crippen LogP contribution in [0.15, 0.2) is 71.7 Å². The number of nitrogen functional groups attached to an aromatic ring is 1. The maximum atomic E-state index is 13.7. The van der Waals surface area contributed by atoms with Crippen molar-refractivity contribution in [2.24, 2.45) is 0 Å². The molecule has 8 nitrogen and oxygen atoms in total. The molecule has 35 heavy (non-hydrogen) atoms. The van der Waals surface area contributed by atoms with Crippen LogP contribution in [-0.4, -0.2) is 37.5 Å². The molecular formula is C27H25N5O3. The van der Waals surface area contributed by atoms with Gasteiger partial charge in [-0.15, -0.1) is 0 Å². The van der Waals surface area contributed by atoms with Crippen LogP contribution in [0.25, 0.3) is 16.7 Å². The first-order valence-electron chi connectivity index (χ1n) is 11.5. The molecule has 8 heteroatoms. The molecule has 0 radical (unpaired) electrons. The second-order valence-electron chi connectivity index (χ2n) is 8.37. The lowest BCUT2D eigenvalue weighted by atomic mass is 10.2. The summed E-state index contributed by atoms with van der Waals surface area (Å²) in [5.74, 6) is 6.73. The molecule has 0 aliphatic carbocycles. The van der Waals surface area contributed by atoms with E-state index in [0.29, 0.717) is 35.6 Å². The number of aromatic nitrogens is 3. The Morgan fingerprint density at radius 1 is 1.11 bits per heavy atom. The van der Waals surface area contributed by atoms with Gasteiger partial charge in [0.15, 0.2) is 0 Å². The molecule has 5 rings (SSSR count). The van der Waals surface area contributed by atoms with Crippen molar-refractivity contribution < 1.29 is 9.53 Å². The number of hydrogen-bond acceptors (Lipinski definition) is 5. The van der Waals surface area contributed by atoms with Crippen LogP contribution in [0.3, 0.4) is 0 Å². The van der Waals surface area contributed by atoms with Gasteiger partial charge < -0.3 is 15.4 Å². The number of carbonyl (C=O) groups excluding carboxylic acids is 1. The largest absolute Gasteiger partial charge is 0.457 e. The topological polar surface area (TPSA) is 95.4 Å². The van der Waals surface area contributed by atoms with Crippen molar-refractivity contribution in [3.05, 3.63) is 77.3 Å². The standard InChI is InChI=1S/C27H25N5O3/c1-2-7-24(33)30-17-6-8-20(30)18-31-23-15-16-29-26(28)25(23)32(27(31)34)19-11-13-22(14-12-19)35-21-9-4-3-5-10-21/h3-5,9-16,20H,6,8,17-18H2,1H3,(H2,28,29). The van der Waals surface area contributed by atoms with Gasteiger partial charge in [-0.1, -0.05) is 24.1 Å². The number of nitrogens with two attached hydrogens (primary N) is 1. The Hall–Kier alpha value is -4.51. The third-order valence-corrected chi connectivity index (χ3v) is 6.20. The lowest BCUT2D eigenvalue weighted by Gasteiger charge is -2.22. The van der Waals surface area contributed by atoms with E-state index >= 15 is 0 Å². The Kier molecular flexibility index (Phi) is 5.98. The fourth-order valence-electron chi connectivity index (χ4n) is 4.61. The second kappa shape index (κ2) is 9.39. The van der Waals surface area contributed by atoms with Gasteiger partial charge in [-0.3, -0.25) is 13.9 Å². The Labute approximate surface area is 202 Å². The van der Waals surface area contributed by atoms with Gasteiger partial charge in [0.25, 0.3) is 5.91 Å². The van der Waals surface area contributed by atoms with Crippen molar-refractivity contribution in [1.29, 1.82) is 0 Å².